The minimum atomic E-state index is -0.876. The SMILES string of the molecule is CCCCCCCCCCC(CCO)C(=O)NCC(O)CNC(=O)C(CCO)CCCCCCCCCC. The monoisotopic (exact) mass is 542 g/mol. The third-order valence-corrected chi connectivity index (χ3v) is 7.53. The first-order chi connectivity index (χ1) is 18.5. The summed E-state index contributed by atoms with van der Waals surface area (Å²) < 4.78 is 0. The Balaban J connectivity index is 4.18. The Morgan fingerprint density at radius 3 is 1.16 bits per heavy atom. The number of aliphatic hydroxyl groups is 3. The second-order valence-corrected chi connectivity index (χ2v) is 11.1. The number of hydrogen-bond donors (Lipinski definition) is 5. The number of aliphatic hydroxyl groups excluding tert-OH is 3. The van der Waals surface area contributed by atoms with Crippen LogP contribution in [0.25, 0.3) is 0 Å². The molecule has 0 aromatic carbocycles. The lowest BCUT2D eigenvalue weighted by molar-refractivity contribution is -0.126. The van der Waals surface area contributed by atoms with Crippen molar-refractivity contribution in [1.29, 1.82) is 0 Å². The van der Waals surface area contributed by atoms with Crippen molar-refractivity contribution in [2.24, 2.45) is 11.8 Å². The summed E-state index contributed by atoms with van der Waals surface area (Å²) in [5, 5.41) is 34.6. The Morgan fingerprint density at radius 2 is 0.842 bits per heavy atom. The zero-order valence-corrected chi connectivity index (χ0v) is 24.9. The van der Waals surface area contributed by atoms with Crippen LogP contribution in [0.5, 0.6) is 0 Å². The zero-order chi connectivity index (χ0) is 28.3. The summed E-state index contributed by atoms with van der Waals surface area (Å²) in [6.07, 6.45) is 20.7. The van der Waals surface area contributed by atoms with Gasteiger partial charge in [-0.1, -0.05) is 117 Å². The van der Waals surface area contributed by atoms with Crippen LogP contribution in [0, 0.1) is 11.8 Å². The fourth-order valence-corrected chi connectivity index (χ4v) is 4.97. The van der Waals surface area contributed by atoms with Crippen molar-refractivity contribution >= 4 is 11.8 Å². The van der Waals surface area contributed by atoms with Gasteiger partial charge in [0.15, 0.2) is 0 Å². The van der Waals surface area contributed by atoms with E-state index in [4.69, 9.17) is 0 Å². The molecule has 7 nitrogen and oxygen atoms in total. The van der Waals surface area contributed by atoms with Crippen molar-refractivity contribution in [2.45, 2.75) is 148 Å². The van der Waals surface area contributed by atoms with Crippen LogP contribution in [0.2, 0.25) is 0 Å². The van der Waals surface area contributed by atoms with Crippen molar-refractivity contribution in [3.63, 3.8) is 0 Å². The van der Waals surface area contributed by atoms with E-state index in [-0.39, 0.29) is 50.0 Å². The van der Waals surface area contributed by atoms with E-state index in [0.717, 1.165) is 38.5 Å². The maximum atomic E-state index is 12.6. The molecule has 0 saturated carbocycles. The van der Waals surface area contributed by atoms with Gasteiger partial charge in [-0.3, -0.25) is 9.59 Å². The van der Waals surface area contributed by atoms with Crippen molar-refractivity contribution < 1.29 is 24.9 Å². The molecule has 0 aromatic heterocycles. The van der Waals surface area contributed by atoms with Crippen LogP contribution >= 0.6 is 0 Å². The lowest BCUT2D eigenvalue weighted by Gasteiger charge is -2.20. The molecule has 7 heteroatoms. The molecule has 5 N–H and O–H groups in total. The summed E-state index contributed by atoms with van der Waals surface area (Å²) in [5.74, 6) is -0.773. The molecule has 0 fully saturated rings. The van der Waals surface area contributed by atoms with Crippen molar-refractivity contribution in [2.75, 3.05) is 26.3 Å². The normalized spacial score (nSPS) is 13.7. The highest BCUT2D eigenvalue weighted by molar-refractivity contribution is 5.79. The Bertz CT molecular complexity index is 500. The van der Waals surface area contributed by atoms with E-state index in [1.165, 1.54) is 77.0 Å². The van der Waals surface area contributed by atoms with E-state index < -0.39 is 6.10 Å². The highest BCUT2D eigenvalue weighted by atomic mass is 16.3. The molecule has 0 bridgehead atoms. The van der Waals surface area contributed by atoms with Gasteiger partial charge < -0.3 is 26.0 Å². The van der Waals surface area contributed by atoms with Gasteiger partial charge in [-0.15, -0.1) is 0 Å². The first kappa shape index (κ1) is 36.8. The van der Waals surface area contributed by atoms with Gasteiger partial charge in [0, 0.05) is 38.1 Å². The summed E-state index contributed by atoms with van der Waals surface area (Å²) >= 11 is 0. The molecule has 2 atom stereocenters. The van der Waals surface area contributed by atoms with Crippen molar-refractivity contribution in [1.82, 2.24) is 10.6 Å². The van der Waals surface area contributed by atoms with E-state index in [1.54, 1.807) is 0 Å². The zero-order valence-electron chi connectivity index (χ0n) is 24.9. The molecule has 0 aromatic rings. The molecule has 0 aliphatic carbocycles. The van der Waals surface area contributed by atoms with Gasteiger partial charge in [0.25, 0.3) is 0 Å². The minimum Gasteiger partial charge on any atom is -0.396 e. The van der Waals surface area contributed by atoms with E-state index in [2.05, 4.69) is 24.5 Å². The van der Waals surface area contributed by atoms with Crippen LogP contribution in [0.15, 0.2) is 0 Å². The Morgan fingerprint density at radius 1 is 0.526 bits per heavy atom. The van der Waals surface area contributed by atoms with Crippen LogP contribution in [-0.4, -0.2) is 59.5 Å². The number of unbranched alkanes of at least 4 members (excludes halogenated alkanes) is 14. The molecule has 0 rings (SSSR count). The van der Waals surface area contributed by atoms with Crippen molar-refractivity contribution in [3.05, 3.63) is 0 Å². The third kappa shape index (κ3) is 21.7. The van der Waals surface area contributed by atoms with Crippen LogP contribution in [0.3, 0.4) is 0 Å². The minimum absolute atomic E-state index is 0.0290. The Kier molecular flexibility index (Phi) is 26.5. The first-order valence-electron chi connectivity index (χ1n) is 15.9. The molecule has 38 heavy (non-hydrogen) atoms. The molecule has 0 aliphatic heterocycles. The summed E-state index contributed by atoms with van der Waals surface area (Å²) in [4.78, 5) is 25.2. The third-order valence-electron chi connectivity index (χ3n) is 7.53. The molecule has 0 saturated heterocycles. The van der Waals surface area contributed by atoms with Gasteiger partial charge in [0.2, 0.25) is 11.8 Å². The fourth-order valence-electron chi connectivity index (χ4n) is 4.97. The van der Waals surface area contributed by atoms with E-state index in [0.29, 0.717) is 12.8 Å². The second kappa shape index (κ2) is 27.4. The standard InChI is InChI=1S/C31H62N2O5/c1-3-5-7-9-11-13-15-17-19-27(21-23-34)30(37)32-25-29(36)26-33-31(38)28(22-24-35)20-18-16-14-12-10-8-6-4-2/h27-29,34-36H,3-26H2,1-2H3,(H,32,37)(H,33,38). The summed E-state index contributed by atoms with van der Waals surface area (Å²) in [6.45, 7) is 4.52. The van der Waals surface area contributed by atoms with Gasteiger partial charge in [-0.05, 0) is 25.7 Å². The second-order valence-electron chi connectivity index (χ2n) is 11.1. The van der Waals surface area contributed by atoms with Gasteiger partial charge in [0.1, 0.15) is 0 Å². The van der Waals surface area contributed by atoms with E-state index >= 15 is 0 Å². The topological polar surface area (TPSA) is 119 Å². The summed E-state index contributed by atoms with van der Waals surface area (Å²) in [5.41, 5.74) is 0. The molecule has 0 heterocycles. The molecule has 0 radical (unpaired) electrons. The van der Waals surface area contributed by atoms with Gasteiger partial charge in [0.05, 0.1) is 6.10 Å². The van der Waals surface area contributed by atoms with Crippen LogP contribution in [0.4, 0.5) is 0 Å². The molecular weight excluding hydrogens is 480 g/mol. The lowest BCUT2D eigenvalue weighted by Crippen LogP contribution is -2.43. The number of amides is 2. The van der Waals surface area contributed by atoms with Gasteiger partial charge in [-0.2, -0.15) is 0 Å². The number of hydrogen-bond acceptors (Lipinski definition) is 5. The molecule has 2 amide bonds. The van der Waals surface area contributed by atoms with Crippen LogP contribution in [-0.2, 0) is 9.59 Å². The number of carbonyl (C=O) groups is 2. The Hall–Kier alpha value is -1.18. The molecule has 0 spiro atoms. The average Bonchev–Trinajstić information content (AvgIpc) is 2.92. The number of rotatable bonds is 28. The summed E-state index contributed by atoms with van der Waals surface area (Å²) in [6, 6.07) is 0. The van der Waals surface area contributed by atoms with E-state index in [9.17, 15) is 24.9 Å². The quantitative estimate of drug-likeness (QED) is 0.0820. The number of nitrogens with one attached hydrogen (secondary N) is 2. The van der Waals surface area contributed by atoms with Gasteiger partial charge in [-0.25, -0.2) is 0 Å². The maximum Gasteiger partial charge on any atom is 0.223 e. The Labute approximate surface area is 233 Å². The fraction of sp³-hybridized carbons (Fsp3) is 0.935. The van der Waals surface area contributed by atoms with Crippen LogP contribution in [0.1, 0.15) is 142 Å². The molecule has 226 valence electrons. The summed E-state index contributed by atoms with van der Waals surface area (Å²) in [7, 11) is 0. The first-order valence-corrected chi connectivity index (χ1v) is 15.9. The van der Waals surface area contributed by atoms with E-state index in [1.807, 2.05) is 0 Å². The predicted molar refractivity (Wildman–Crippen MR) is 157 cm³/mol. The average molecular weight is 543 g/mol. The van der Waals surface area contributed by atoms with Crippen LogP contribution < -0.4 is 10.6 Å². The largest absolute Gasteiger partial charge is 0.396 e. The highest BCUT2D eigenvalue weighted by Gasteiger charge is 2.20. The van der Waals surface area contributed by atoms with Gasteiger partial charge >= 0.3 is 0 Å². The maximum absolute atomic E-state index is 12.6. The predicted octanol–water partition coefficient (Wildman–Crippen LogP) is 5.64. The molecule has 2 unspecified atom stereocenters. The molecule has 0 aliphatic rings. The van der Waals surface area contributed by atoms with Crippen molar-refractivity contribution in [3.8, 4) is 0 Å². The smallest absolute Gasteiger partial charge is 0.223 e. The lowest BCUT2D eigenvalue weighted by atomic mass is 9.96. The molecular formula is C31H62N2O5. The highest BCUT2D eigenvalue weighted by Crippen LogP contribution is 2.17. The number of carbonyl (C=O) groups excluding carboxylic acids is 2.